The van der Waals surface area contributed by atoms with Crippen LogP contribution >= 0.6 is 11.6 Å². The van der Waals surface area contributed by atoms with E-state index in [2.05, 4.69) is 9.98 Å². The number of nitrogens with zero attached hydrogens (tertiary/aromatic N) is 1. The number of halogens is 1. The fourth-order valence-electron chi connectivity index (χ4n) is 2.45. The fraction of sp³-hybridized carbons (Fsp3) is 0. The molecule has 4 rings (SSSR count). The highest BCUT2D eigenvalue weighted by Crippen LogP contribution is 2.24. The molecule has 0 aliphatic rings. The monoisotopic (exact) mass is 320 g/mol. The number of fused-ring (bicyclic) bond motifs is 1. The van der Waals surface area contributed by atoms with Crippen LogP contribution in [-0.2, 0) is 0 Å². The van der Waals surface area contributed by atoms with Crippen LogP contribution in [0.3, 0.4) is 0 Å². The summed E-state index contributed by atoms with van der Waals surface area (Å²) >= 11 is 5.90. The Morgan fingerprint density at radius 2 is 1.83 bits per heavy atom. The lowest BCUT2D eigenvalue weighted by Gasteiger charge is -1.96. The molecule has 4 heteroatoms. The van der Waals surface area contributed by atoms with Crippen LogP contribution in [0.25, 0.3) is 22.2 Å². The van der Waals surface area contributed by atoms with Crippen LogP contribution in [0.5, 0.6) is 0 Å². The first-order valence-electron chi connectivity index (χ1n) is 7.25. The maximum atomic E-state index is 5.90. The number of rotatable bonds is 3. The van der Waals surface area contributed by atoms with E-state index in [9.17, 15) is 0 Å². The predicted molar refractivity (Wildman–Crippen MR) is 94.7 cm³/mol. The maximum Gasteiger partial charge on any atom is 0.145 e. The number of hydrogen-bond acceptors (Lipinski definition) is 2. The van der Waals surface area contributed by atoms with Crippen molar-refractivity contribution in [2.24, 2.45) is 4.99 Å². The molecule has 23 heavy (non-hydrogen) atoms. The standard InChI is InChI=1S/C19H13ClN2O/c20-15-4-1-14(2-5-15)19-8-7-17(23-19)12-22-16-6-3-13-9-10-21-18(13)11-16/h1-12,21H. The summed E-state index contributed by atoms with van der Waals surface area (Å²) in [5.41, 5.74) is 2.94. The molecule has 4 aromatic rings. The topological polar surface area (TPSA) is 41.3 Å². The van der Waals surface area contributed by atoms with Gasteiger partial charge in [0.15, 0.2) is 0 Å². The van der Waals surface area contributed by atoms with E-state index in [1.807, 2.05) is 66.9 Å². The molecule has 0 aliphatic carbocycles. The average molecular weight is 321 g/mol. The van der Waals surface area contributed by atoms with Crippen LogP contribution in [0, 0.1) is 0 Å². The molecule has 2 aromatic heterocycles. The summed E-state index contributed by atoms with van der Waals surface area (Å²) in [4.78, 5) is 7.65. The molecular weight excluding hydrogens is 308 g/mol. The number of aliphatic imine (C=N–C) groups is 1. The summed E-state index contributed by atoms with van der Waals surface area (Å²) in [6.45, 7) is 0. The van der Waals surface area contributed by atoms with Gasteiger partial charge in [-0.15, -0.1) is 0 Å². The van der Waals surface area contributed by atoms with E-state index in [-0.39, 0.29) is 0 Å². The number of hydrogen-bond donors (Lipinski definition) is 1. The Hall–Kier alpha value is -2.78. The van der Waals surface area contributed by atoms with E-state index in [1.165, 1.54) is 5.39 Å². The molecule has 0 radical (unpaired) electrons. The minimum atomic E-state index is 0.710. The van der Waals surface area contributed by atoms with Gasteiger partial charge >= 0.3 is 0 Å². The summed E-state index contributed by atoms with van der Waals surface area (Å²) in [6, 6.07) is 19.5. The molecule has 3 nitrogen and oxygen atoms in total. The van der Waals surface area contributed by atoms with Gasteiger partial charge in [-0.25, -0.2) is 0 Å². The minimum absolute atomic E-state index is 0.710. The predicted octanol–water partition coefficient (Wildman–Crippen LogP) is 5.83. The first-order chi connectivity index (χ1) is 11.3. The van der Waals surface area contributed by atoms with Gasteiger partial charge in [-0.3, -0.25) is 4.99 Å². The van der Waals surface area contributed by atoms with Gasteiger partial charge in [0.1, 0.15) is 11.5 Å². The maximum absolute atomic E-state index is 5.90. The molecule has 0 atom stereocenters. The summed E-state index contributed by atoms with van der Waals surface area (Å²) in [6.07, 6.45) is 3.65. The van der Waals surface area contributed by atoms with E-state index in [0.717, 1.165) is 22.5 Å². The molecule has 0 unspecified atom stereocenters. The number of benzene rings is 2. The molecule has 112 valence electrons. The highest BCUT2D eigenvalue weighted by atomic mass is 35.5. The van der Waals surface area contributed by atoms with Gasteiger partial charge < -0.3 is 9.40 Å². The normalized spacial score (nSPS) is 11.5. The SMILES string of the molecule is Clc1ccc(-c2ccc(C=Nc3ccc4cc[nH]c4c3)o2)cc1. The first-order valence-corrected chi connectivity index (χ1v) is 7.63. The van der Waals surface area contributed by atoms with Crippen molar-refractivity contribution in [1.82, 2.24) is 4.98 Å². The Labute approximate surface area is 138 Å². The Bertz CT molecular complexity index is 980. The van der Waals surface area contributed by atoms with Crippen molar-refractivity contribution in [1.29, 1.82) is 0 Å². The molecule has 0 saturated heterocycles. The molecule has 1 N–H and O–H groups in total. The third-order valence-electron chi connectivity index (χ3n) is 3.63. The van der Waals surface area contributed by atoms with Crippen LogP contribution in [0.15, 0.2) is 76.3 Å². The quantitative estimate of drug-likeness (QED) is 0.474. The zero-order valence-corrected chi connectivity index (χ0v) is 12.9. The third-order valence-corrected chi connectivity index (χ3v) is 3.89. The van der Waals surface area contributed by atoms with Crippen LogP contribution < -0.4 is 0 Å². The van der Waals surface area contributed by atoms with Crippen LogP contribution in [0.2, 0.25) is 5.02 Å². The largest absolute Gasteiger partial charge is 0.455 e. The molecule has 2 heterocycles. The number of aromatic nitrogens is 1. The smallest absolute Gasteiger partial charge is 0.145 e. The Kier molecular flexibility index (Phi) is 3.48. The number of aromatic amines is 1. The van der Waals surface area contributed by atoms with Crippen molar-refractivity contribution in [3.05, 3.63) is 77.6 Å². The van der Waals surface area contributed by atoms with Gasteiger partial charge in [0.25, 0.3) is 0 Å². The van der Waals surface area contributed by atoms with Gasteiger partial charge in [0.05, 0.1) is 11.9 Å². The highest BCUT2D eigenvalue weighted by Gasteiger charge is 2.03. The Morgan fingerprint density at radius 3 is 2.70 bits per heavy atom. The van der Waals surface area contributed by atoms with E-state index < -0.39 is 0 Å². The lowest BCUT2D eigenvalue weighted by atomic mass is 10.2. The first kappa shape index (κ1) is 13.9. The second kappa shape index (κ2) is 5.78. The van der Waals surface area contributed by atoms with Crippen molar-refractivity contribution in [3.63, 3.8) is 0 Å². The van der Waals surface area contributed by atoms with Crippen molar-refractivity contribution in [2.75, 3.05) is 0 Å². The zero-order chi connectivity index (χ0) is 15.6. The number of nitrogens with one attached hydrogen (secondary N) is 1. The second-order valence-electron chi connectivity index (χ2n) is 5.22. The van der Waals surface area contributed by atoms with Gasteiger partial charge in [0.2, 0.25) is 0 Å². The van der Waals surface area contributed by atoms with Crippen molar-refractivity contribution in [3.8, 4) is 11.3 Å². The molecule has 0 saturated carbocycles. The minimum Gasteiger partial charge on any atom is -0.455 e. The molecular formula is C19H13ClN2O. The summed E-state index contributed by atoms with van der Waals surface area (Å²) < 4.78 is 5.80. The molecule has 0 bridgehead atoms. The lowest BCUT2D eigenvalue weighted by Crippen LogP contribution is -1.75. The second-order valence-corrected chi connectivity index (χ2v) is 5.65. The molecule has 0 spiro atoms. The van der Waals surface area contributed by atoms with Gasteiger partial charge in [-0.2, -0.15) is 0 Å². The van der Waals surface area contributed by atoms with E-state index in [0.29, 0.717) is 10.8 Å². The molecule has 0 aliphatic heterocycles. The zero-order valence-electron chi connectivity index (χ0n) is 12.2. The number of furan rings is 1. The van der Waals surface area contributed by atoms with Crippen LogP contribution in [0.4, 0.5) is 5.69 Å². The van der Waals surface area contributed by atoms with Crippen molar-refractivity contribution >= 4 is 34.4 Å². The highest BCUT2D eigenvalue weighted by molar-refractivity contribution is 6.30. The third kappa shape index (κ3) is 2.91. The van der Waals surface area contributed by atoms with E-state index in [4.69, 9.17) is 16.0 Å². The van der Waals surface area contributed by atoms with Crippen LogP contribution in [-0.4, -0.2) is 11.2 Å². The van der Waals surface area contributed by atoms with E-state index >= 15 is 0 Å². The summed E-state index contributed by atoms with van der Waals surface area (Å²) in [5, 5.41) is 1.88. The average Bonchev–Trinajstić information content (AvgIpc) is 3.22. The van der Waals surface area contributed by atoms with E-state index in [1.54, 1.807) is 6.21 Å². The van der Waals surface area contributed by atoms with Gasteiger partial charge in [-0.1, -0.05) is 17.7 Å². The van der Waals surface area contributed by atoms with Crippen molar-refractivity contribution in [2.45, 2.75) is 0 Å². The Balaban J connectivity index is 1.57. The van der Waals surface area contributed by atoms with Gasteiger partial charge in [-0.05, 0) is 60.0 Å². The van der Waals surface area contributed by atoms with Crippen molar-refractivity contribution < 1.29 is 4.42 Å². The summed E-state index contributed by atoms with van der Waals surface area (Å²) in [5.74, 6) is 1.50. The Morgan fingerprint density at radius 1 is 0.957 bits per heavy atom. The van der Waals surface area contributed by atoms with Crippen LogP contribution in [0.1, 0.15) is 5.76 Å². The molecule has 0 amide bonds. The molecule has 0 fully saturated rings. The number of H-pyrrole nitrogens is 1. The summed E-state index contributed by atoms with van der Waals surface area (Å²) in [7, 11) is 0. The van der Waals surface area contributed by atoms with Gasteiger partial charge in [0, 0.05) is 22.3 Å². The lowest BCUT2D eigenvalue weighted by molar-refractivity contribution is 0.575. The fourth-order valence-corrected chi connectivity index (χ4v) is 2.57. The molecule has 2 aromatic carbocycles.